The fourth-order valence-electron chi connectivity index (χ4n) is 1.15. The van der Waals surface area contributed by atoms with Crippen molar-refractivity contribution in [1.82, 2.24) is 0 Å². The highest BCUT2D eigenvalue weighted by Crippen LogP contribution is 2.28. The highest BCUT2D eigenvalue weighted by Gasteiger charge is 2.07. The minimum Gasteiger partial charge on any atom is -0.493 e. The molecule has 0 aliphatic rings. The van der Waals surface area contributed by atoms with Gasteiger partial charge in [0.05, 0.1) is 11.1 Å². The number of aliphatic hydroxyl groups excluding tert-OH is 1. The SMILES string of the molecule is [CH2]C(CO)c1ccc(OCC)c(Br)c1. The fourth-order valence-corrected chi connectivity index (χ4v) is 1.66. The fraction of sp³-hybridized carbons (Fsp3) is 0.364. The van der Waals surface area contributed by atoms with Crippen molar-refractivity contribution in [2.75, 3.05) is 13.2 Å². The van der Waals surface area contributed by atoms with Gasteiger partial charge in [-0.3, -0.25) is 0 Å². The zero-order chi connectivity index (χ0) is 10.6. The number of benzene rings is 1. The first-order valence-electron chi connectivity index (χ1n) is 4.55. The van der Waals surface area contributed by atoms with E-state index in [1.54, 1.807) is 0 Å². The Morgan fingerprint density at radius 2 is 2.29 bits per heavy atom. The van der Waals surface area contributed by atoms with E-state index in [0.29, 0.717) is 6.61 Å². The van der Waals surface area contributed by atoms with Crippen LogP contribution >= 0.6 is 15.9 Å². The molecule has 1 rings (SSSR count). The molecule has 1 unspecified atom stereocenters. The van der Waals surface area contributed by atoms with E-state index < -0.39 is 0 Å². The molecule has 1 radical (unpaired) electrons. The standard InChI is InChI=1S/C11H14BrO2/c1-3-14-11-5-4-9(6-10(11)12)8(2)7-13/h4-6,8,13H,2-3,7H2,1H3. The Bertz CT molecular complexity index is 299. The van der Waals surface area contributed by atoms with Crippen molar-refractivity contribution in [1.29, 1.82) is 0 Å². The number of hydrogen-bond donors (Lipinski definition) is 1. The Kier molecular flexibility index (Phi) is 4.42. The third kappa shape index (κ3) is 2.72. The Hall–Kier alpha value is -0.540. The van der Waals surface area contributed by atoms with Gasteiger partial charge in [-0.25, -0.2) is 0 Å². The molecular formula is C11H14BrO2. The van der Waals surface area contributed by atoms with Crippen molar-refractivity contribution < 1.29 is 9.84 Å². The van der Waals surface area contributed by atoms with Gasteiger partial charge in [0.2, 0.25) is 0 Å². The molecule has 1 N–H and O–H groups in total. The van der Waals surface area contributed by atoms with Crippen molar-refractivity contribution in [3.63, 3.8) is 0 Å². The summed E-state index contributed by atoms with van der Waals surface area (Å²) in [5.41, 5.74) is 1.00. The van der Waals surface area contributed by atoms with E-state index in [9.17, 15) is 0 Å². The van der Waals surface area contributed by atoms with E-state index in [1.807, 2.05) is 25.1 Å². The summed E-state index contributed by atoms with van der Waals surface area (Å²) in [5.74, 6) is 0.739. The largest absolute Gasteiger partial charge is 0.493 e. The van der Waals surface area contributed by atoms with Crippen molar-refractivity contribution >= 4 is 15.9 Å². The summed E-state index contributed by atoms with van der Waals surface area (Å²) in [6.45, 7) is 6.48. The number of rotatable bonds is 4. The zero-order valence-corrected chi connectivity index (χ0v) is 9.75. The molecule has 0 amide bonds. The summed E-state index contributed by atoms with van der Waals surface area (Å²) in [4.78, 5) is 0. The molecule has 0 aromatic heterocycles. The van der Waals surface area contributed by atoms with Crippen LogP contribution in [0.3, 0.4) is 0 Å². The van der Waals surface area contributed by atoms with Gasteiger partial charge in [0.15, 0.2) is 0 Å². The summed E-state index contributed by atoms with van der Waals surface area (Å²) in [6.07, 6.45) is 0. The highest BCUT2D eigenvalue weighted by atomic mass is 79.9. The monoisotopic (exact) mass is 257 g/mol. The highest BCUT2D eigenvalue weighted by molar-refractivity contribution is 9.10. The quantitative estimate of drug-likeness (QED) is 0.899. The second kappa shape index (κ2) is 5.37. The Balaban J connectivity index is 2.88. The molecule has 14 heavy (non-hydrogen) atoms. The molecule has 2 nitrogen and oxygen atoms in total. The van der Waals surface area contributed by atoms with Crippen molar-refractivity contribution in [3.05, 3.63) is 35.2 Å². The van der Waals surface area contributed by atoms with Gasteiger partial charge in [-0.05, 0) is 47.5 Å². The van der Waals surface area contributed by atoms with Gasteiger partial charge in [0.1, 0.15) is 5.75 Å². The number of hydrogen-bond acceptors (Lipinski definition) is 2. The average Bonchev–Trinajstić information content (AvgIpc) is 2.20. The Morgan fingerprint density at radius 3 is 2.79 bits per heavy atom. The predicted octanol–water partition coefficient (Wildman–Crippen LogP) is 2.76. The summed E-state index contributed by atoms with van der Waals surface area (Å²) < 4.78 is 6.28. The van der Waals surface area contributed by atoms with Crippen molar-refractivity contribution in [2.24, 2.45) is 0 Å². The molecule has 1 aromatic rings. The van der Waals surface area contributed by atoms with Crippen LogP contribution in [0.15, 0.2) is 22.7 Å². The molecule has 77 valence electrons. The molecular weight excluding hydrogens is 244 g/mol. The molecule has 0 aliphatic heterocycles. The lowest BCUT2D eigenvalue weighted by molar-refractivity contribution is 0.282. The topological polar surface area (TPSA) is 29.5 Å². The summed E-state index contributed by atoms with van der Waals surface area (Å²) in [6, 6.07) is 5.74. The van der Waals surface area contributed by atoms with E-state index in [4.69, 9.17) is 9.84 Å². The van der Waals surface area contributed by atoms with Crippen LogP contribution in [-0.2, 0) is 0 Å². The van der Waals surface area contributed by atoms with Crippen LogP contribution < -0.4 is 4.74 Å². The van der Waals surface area contributed by atoms with Crippen LogP contribution in [-0.4, -0.2) is 18.3 Å². The molecule has 0 fully saturated rings. The Morgan fingerprint density at radius 1 is 1.57 bits per heavy atom. The van der Waals surface area contributed by atoms with Gasteiger partial charge in [-0.15, -0.1) is 0 Å². The second-order valence-electron chi connectivity index (χ2n) is 3.00. The molecule has 0 saturated heterocycles. The van der Waals surface area contributed by atoms with E-state index in [0.717, 1.165) is 15.8 Å². The van der Waals surface area contributed by atoms with Gasteiger partial charge >= 0.3 is 0 Å². The second-order valence-corrected chi connectivity index (χ2v) is 3.86. The summed E-state index contributed by atoms with van der Waals surface area (Å²) in [5, 5.41) is 8.94. The van der Waals surface area contributed by atoms with Gasteiger partial charge in [0, 0.05) is 12.5 Å². The van der Waals surface area contributed by atoms with Crippen LogP contribution in [0.1, 0.15) is 18.4 Å². The van der Waals surface area contributed by atoms with E-state index in [2.05, 4.69) is 22.9 Å². The molecule has 0 heterocycles. The lowest BCUT2D eigenvalue weighted by atomic mass is 10.0. The van der Waals surface area contributed by atoms with Crippen LogP contribution in [0.25, 0.3) is 0 Å². The third-order valence-electron chi connectivity index (χ3n) is 1.95. The lowest BCUT2D eigenvalue weighted by Crippen LogP contribution is -2.00. The summed E-state index contributed by atoms with van der Waals surface area (Å²) >= 11 is 3.41. The van der Waals surface area contributed by atoms with E-state index in [1.165, 1.54) is 0 Å². The molecule has 0 bridgehead atoms. The maximum absolute atomic E-state index is 8.94. The van der Waals surface area contributed by atoms with Crippen LogP contribution in [0, 0.1) is 6.92 Å². The molecule has 3 heteroatoms. The molecule has 0 saturated carbocycles. The Labute approximate surface area is 93.0 Å². The maximum atomic E-state index is 8.94. The third-order valence-corrected chi connectivity index (χ3v) is 2.57. The maximum Gasteiger partial charge on any atom is 0.133 e. The number of ether oxygens (including phenoxy) is 1. The molecule has 0 spiro atoms. The first kappa shape index (κ1) is 11.5. The number of halogens is 1. The zero-order valence-electron chi connectivity index (χ0n) is 8.16. The van der Waals surface area contributed by atoms with Crippen LogP contribution in [0.2, 0.25) is 0 Å². The van der Waals surface area contributed by atoms with E-state index >= 15 is 0 Å². The predicted molar refractivity (Wildman–Crippen MR) is 60.5 cm³/mol. The normalized spacial score (nSPS) is 12.6. The molecule has 1 atom stereocenters. The average molecular weight is 258 g/mol. The van der Waals surface area contributed by atoms with Gasteiger partial charge in [0.25, 0.3) is 0 Å². The van der Waals surface area contributed by atoms with Gasteiger partial charge < -0.3 is 9.84 Å². The van der Waals surface area contributed by atoms with Crippen molar-refractivity contribution in [2.45, 2.75) is 12.8 Å². The first-order chi connectivity index (χ1) is 6.69. The minimum absolute atomic E-state index is 0.0560. The smallest absolute Gasteiger partial charge is 0.133 e. The molecule has 1 aromatic carbocycles. The van der Waals surface area contributed by atoms with Crippen molar-refractivity contribution in [3.8, 4) is 5.75 Å². The van der Waals surface area contributed by atoms with Gasteiger partial charge in [-0.1, -0.05) is 6.07 Å². The van der Waals surface area contributed by atoms with E-state index in [-0.39, 0.29) is 12.5 Å². The minimum atomic E-state index is -0.0815. The molecule has 0 aliphatic carbocycles. The summed E-state index contributed by atoms with van der Waals surface area (Å²) in [7, 11) is 0. The number of aliphatic hydroxyl groups is 1. The van der Waals surface area contributed by atoms with Crippen LogP contribution in [0.5, 0.6) is 5.75 Å². The lowest BCUT2D eigenvalue weighted by Gasteiger charge is -2.11. The van der Waals surface area contributed by atoms with Crippen LogP contribution in [0.4, 0.5) is 0 Å². The van der Waals surface area contributed by atoms with Gasteiger partial charge in [-0.2, -0.15) is 0 Å². The first-order valence-corrected chi connectivity index (χ1v) is 5.34.